The monoisotopic (exact) mass is 224 g/mol. The molecule has 1 aromatic carbocycles. The Morgan fingerprint density at radius 2 is 2.13 bits per heavy atom. The molecule has 0 saturated heterocycles. The van der Waals surface area contributed by atoms with Gasteiger partial charge in [-0.05, 0) is 42.7 Å². The minimum atomic E-state index is -0.762. The van der Waals surface area contributed by atoms with Crippen LogP contribution in [-0.2, 0) is 6.42 Å². The summed E-state index contributed by atoms with van der Waals surface area (Å²) >= 11 is 1.87. The lowest BCUT2D eigenvalue weighted by Gasteiger charge is -2.19. The third-order valence-corrected chi connectivity index (χ3v) is 3.93. The van der Waals surface area contributed by atoms with Crippen LogP contribution in [0.4, 0.5) is 0 Å². The zero-order chi connectivity index (χ0) is 10.8. The molecule has 1 heterocycles. The predicted octanol–water partition coefficient (Wildman–Crippen LogP) is 2.14. The van der Waals surface area contributed by atoms with Crippen LogP contribution in [0.15, 0.2) is 23.1 Å². The Balaban J connectivity index is 2.27. The van der Waals surface area contributed by atoms with Crippen LogP contribution >= 0.6 is 11.8 Å². The molecule has 0 radical (unpaired) electrons. The first-order chi connectivity index (χ1) is 7.18. The first-order valence-electron chi connectivity index (χ1n) is 5.30. The number of fused-ring (bicyclic) bond motifs is 1. The SMILES string of the molecule is CC(O)C(O)c1ccc2c(c1)CCCS2. The van der Waals surface area contributed by atoms with Gasteiger partial charge in [0.05, 0.1) is 6.10 Å². The Labute approximate surface area is 94.3 Å². The van der Waals surface area contributed by atoms with E-state index in [0.29, 0.717) is 0 Å². The number of thioether (sulfide) groups is 1. The average molecular weight is 224 g/mol. The third-order valence-electron chi connectivity index (χ3n) is 2.73. The summed E-state index contributed by atoms with van der Waals surface area (Å²) in [4.78, 5) is 1.32. The second-order valence-electron chi connectivity index (χ2n) is 4.00. The lowest BCUT2D eigenvalue weighted by atomic mass is 10.0. The highest BCUT2D eigenvalue weighted by Crippen LogP contribution is 2.32. The van der Waals surface area contributed by atoms with Gasteiger partial charge in [-0.2, -0.15) is 0 Å². The first kappa shape index (κ1) is 11.0. The van der Waals surface area contributed by atoms with E-state index < -0.39 is 12.2 Å². The van der Waals surface area contributed by atoms with Crippen LogP contribution in [0, 0.1) is 0 Å². The number of benzene rings is 1. The van der Waals surface area contributed by atoms with E-state index in [2.05, 4.69) is 6.07 Å². The minimum Gasteiger partial charge on any atom is -0.390 e. The van der Waals surface area contributed by atoms with E-state index in [9.17, 15) is 10.2 Å². The smallest absolute Gasteiger partial charge is 0.105 e. The summed E-state index contributed by atoms with van der Waals surface area (Å²) in [5.74, 6) is 1.19. The van der Waals surface area contributed by atoms with Gasteiger partial charge in [-0.3, -0.25) is 0 Å². The molecule has 3 heteroatoms. The second kappa shape index (κ2) is 4.56. The van der Waals surface area contributed by atoms with E-state index in [1.165, 1.54) is 22.6 Å². The van der Waals surface area contributed by atoms with Crippen LogP contribution in [0.5, 0.6) is 0 Å². The standard InChI is InChI=1S/C12H16O2S/c1-8(13)12(14)10-4-5-11-9(7-10)3-2-6-15-11/h4-5,7-8,12-14H,2-3,6H2,1H3. The normalized spacial score (nSPS) is 19.4. The van der Waals surface area contributed by atoms with E-state index in [4.69, 9.17) is 0 Å². The molecule has 1 aromatic rings. The van der Waals surface area contributed by atoms with Crippen molar-refractivity contribution in [3.63, 3.8) is 0 Å². The maximum absolute atomic E-state index is 9.74. The van der Waals surface area contributed by atoms with Gasteiger partial charge in [0.2, 0.25) is 0 Å². The van der Waals surface area contributed by atoms with Crippen LogP contribution in [0.3, 0.4) is 0 Å². The predicted molar refractivity (Wildman–Crippen MR) is 62.1 cm³/mol. The maximum Gasteiger partial charge on any atom is 0.105 e. The lowest BCUT2D eigenvalue weighted by Crippen LogP contribution is -2.14. The zero-order valence-electron chi connectivity index (χ0n) is 8.81. The van der Waals surface area contributed by atoms with Crippen molar-refractivity contribution in [1.29, 1.82) is 0 Å². The van der Waals surface area contributed by atoms with E-state index in [-0.39, 0.29) is 0 Å². The highest BCUT2D eigenvalue weighted by Gasteiger charge is 2.16. The van der Waals surface area contributed by atoms with Crippen LogP contribution < -0.4 is 0 Å². The van der Waals surface area contributed by atoms with E-state index in [0.717, 1.165) is 12.0 Å². The molecule has 0 saturated carbocycles. The summed E-state index contributed by atoms with van der Waals surface area (Å²) in [5, 5.41) is 19.1. The second-order valence-corrected chi connectivity index (χ2v) is 5.14. The number of aliphatic hydroxyl groups is 2. The summed E-state index contributed by atoms with van der Waals surface area (Å²) in [6, 6.07) is 5.99. The molecule has 2 N–H and O–H groups in total. The van der Waals surface area contributed by atoms with Gasteiger partial charge < -0.3 is 10.2 Å². The van der Waals surface area contributed by atoms with Crippen LogP contribution in [0.25, 0.3) is 0 Å². The lowest BCUT2D eigenvalue weighted by molar-refractivity contribution is 0.0304. The average Bonchev–Trinajstić information content (AvgIpc) is 2.27. The molecular formula is C12H16O2S. The number of hydrogen-bond acceptors (Lipinski definition) is 3. The molecule has 1 aliphatic rings. The Morgan fingerprint density at radius 1 is 1.33 bits per heavy atom. The first-order valence-corrected chi connectivity index (χ1v) is 6.29. The minimum absolute atomic E-state index is 0.709. The Hall–Kier alpha value is -0.510. The van der Waals surface area contributed by atoms with Crippen LogP contribution in [-0.4, -0.2) is 22.1 Å². The summed E-state index contributed by atoms with van der Waals surface area (Å²) < 4.78 is 0. The van der Waals surface area contributed by atoms with Crippen molar-refractivity contribution in [3.05, 3.63) is 29.3 Å². The molecule has 82 valence electrons. The molecule has 0 spiro atoms. The van der Waals surface area contributed by atoms with Gasteiger partial charge in [0.25, 0.3) is 0 Å². The van der Waals surface area contributed by atoms with Gasteiger partial charge in [0.1, 0.15) is 6.10 Å². The molecule has 0 bridgehead atoms. The molecule has 2 nitrogen and oxygen atoms in total. The summed E-state index contributed by atoms with van der Waals surface area (Å²) in [6.07, 6.45) is 0.815. The van der Waals surface area contributed by atoms with E-state index in [1.54, 1.807) is 6.92 Å². The van der Waals surface area contributed by atoms with Crippen molar-refractivity contribution < 1.29 is 10.2 Å². The van der Waals surface area contributed by atoms with Crippen molar-refractivity contribution in [2.75, 3.05) is 5.75 Å². The number of aryl methyl sites for hydroxylation is 1. The highest BCUT2D eigenvalue weighted by atomic mass is 32.2. The van der Waals surface area contributed by atoms with Crippen molar-refractivity contribution in [3.8, 4) is 0 Å². The molecule has 0 fully saturated rings. The topological polar surface area (TPSA) is 40.5 Å². The van der Waals surface area contributed by atoms with Crippen LogP contribution in [0.2, 0.25) is 0 Å². The van der Waals surface area contributed by atoms with Crippen molar-refractivity contribution in [2.24, 2.45) is 0 Å². The molecular weight excluding hydrogens is 208 g/mol. The van der Waals surface area contributed by atoms with Gasteiger partial charge in [-0.25, -0.2) is 0 Å². The number of rotatable bonds is 2. The number of aliphatic hydroxyl groups excluding tert-OH is 2. The Bertz CT molecular complexity index is 349. The van der Waals surface area contributed by atoms with Gasteiger partial charge in [-0.15, -0.1) is 11.8 Å². The quantitative estimate of drug-likeness (QED) is 0.808. The molecule has 2 unspecified atom stereocenters. The van der Waals surface area contributed by atoms with Gasteiger partial charge in [-0.1, -0.05) is 12.1 Å². The van der Waals surface area contributed by atoms with Crippen molar-refractivity contribution >= 4 is 11.8 Å². The molecule has 2 atom stereocenters. The molecule has 1 aliphatic heterocycles. The maximum atomic E-state index is 9.74. The molecule has 2 rings (SSSR count). The van der Waals surface area contributed by atoms with Gasteiger partial charge in [0.15, 0.2) is 0 Å². The summed E-state index contributed by atoms with van der Waals surface area (Å²) in [7, 11) is 0. The van der Waals surface area contributed by atoms with Crippen molar-refractivity contribution in [1.82, 2.24) is 0 Å². The van der Waals surface area contributed by atoms with Crippen molar-refractivity contribution in [2.45, 2.75) is 36.9 Å². The highest BCUT2D eigenvalue weighted by molar-refractivity contribution is 7.99. The summed E-state index contributed by atoms with van der Waals surface area (Å²) in [5.41, 5.74) is 2.13. The number of hydrogen-bond donors (Lipinski definition) is 2. The molecule has 0 amide bonds. The zero-order valence-corrected chi connectivity index (χ0v) is 9.63. The van der Waals surface area contributed by atoms with Gasteiger partial charge in [0, 0.05) is 4.90 Å². The van der Waals surface area contributed by atoms with Gasteiger partial charge >= 0.3 is 0 Å². The fraction of sp³-hybridized carbons (Fsp3) is 0.500. The van der Waals surface area contributed by atoms with E-state index >= 15 is 0 Å². The molecule has 15 heavy (non-hydrogen) atoms. The molecule has 0 aliphatic carbocycles. The van der Waals surface area contributed by atoms with Crippen LogP contribution in [0.1, 0.15) is 30.6 Å². The molecule has 0 aromatic heterocycles. The largest absolute Gasteiger partial charge is 0.390 e. The fourth-order valence-electron chi connectivity index (χ4n) is 1.84. The Kier molecular flexibility index (Phi) is 3.34. The third kappa shape index (κ3) is 2.36. The fourth-order valence-corrected chi connectivity index (χ4v) is 2.86. The van der Waals surface area contributed by atoms with E-state index in [1.807, 2.05) is 23.9 Å². The summed E-state index contributed by atoms with van der Waals surface area (Å²) in [6.45, 7) is 1.61. The Morgan fingerprint density at radius 3 is 2.87 bits per heavy atom.